The van der Waals surface area contributed by atoms with E-state index in [4.69, 9.17) is 0 Å². The van der Waals surface area contributed by atoms with E-state index in [-0.39, 0.29) is 12.4 Å². The largest absolute Gasteiger partial charge is 0.147 e. The van der Waals surface area contributed by atoms with Crippen molar-refractivity contribution in [2.45, 2.75) is 111 Å². The first kappa shape index (κ1) is 23.4. The molecule has 0 rings (SSSR count). The third kappa shape index (κ3) is 17.1. The first-order valence-electron chi connectivity index (χ1n) is 9.18. The van der Waals surface area contributed by atoms with Crippen molar-refractivity contribution in [1.82, 2.24) is 0 Å². The second-order valence-electron chi connectivity index (χ2n) is 6.18. The van der Waals surface area contributed by atoms with Gasteiger partial charge in [0.15, 0.2) is 0 Å². The summed E-state index contributed by atoms with van der Waals surface area (Å²) >= 11 is -0.948. The SMILES string of the molecule is CCCCC[CH2][Sn]([CH2]CCCCC)[CH2]CCCCC.Cl. The van der Waals surface area contributed by atoms with Gasteiger partial charge in [0.2, 0.25) is 0 Å². The number of unbranched alkanes of at least 4 members (excludes halogenated alkanes) is 9. The molecule has 2 heteroatoms. The summed E-state index contributed by atoms with van der Waals surface area (Å²) in [6.07, 6.45) is 17.9. The summed E-state index contributed by atoms with van der Waals surface area (Å²) in [5.41, 5.74) is 0. The third-order valence-electron chi connectivity index (χ3n) is 4.15. The van der Waals surface area contributed by atoms with E-state index in [1.165, 1.54) is 57.8 Å². The van der Waals surface area contributed by atoms with E-state index >= 15 is 0 Å². The van der Waals surface area contributed by atoms with E-state index in [2.05, 4.69) is 20.8 Å². The van der Waals surface area contributed by atoms with Crippen LogP contribution in [0.15, 0.2) is 0 Å². The van der Waals surface area contributed by atoms with E-state index in [1.54, 1.807) is 32.6 Å². The fourth-order valence-corrected chi connectivity index (χ4v) is 11.3. The molecule has 0 aliphatic rings. The van der Waals surface area contributed by atoms with Gasteiger partial charge in [-0.2, -0.15) is 0 Å². The predicted molar refractivity (Wildman–Crippen MR) is 99.8 cm³/mol. The number of hydrogen-bond acceptors (Lipinski definition) is 0. The van der Waals surface area contributed by atoms with Crippen LogP contribution in [-0.2, 0) is 0 Å². The summed E-state index contributed by atoms with van der Waals surface area (Å²) in [5, 5.41) is 0. The standard InChI is InChI=1S/3C6H13.ClH.Sn/c3*1-3-5-6-4-2;;/h3*1,3-6H2,2H3;1H;. The maximum atomic E-state index is 2.33. The van der Waals surface area contributed by atoms with Crippen molar-refractivity contribution >= 4 is 32.2 Å². The summed E-state index contributed by atoms with van der Waals surface area (Å²) < 4.78 is 5.13. The molecule has 20 heavy (non-hydrogen) atoms. The molecule has 0 nitrogen and oxygen atoms in total. The monoisotopic (exact) mass is 411 g/mol. The summed E-state index contributed by atoms with van der Waals surface area (Å²) in [5.74, 6) is 0. The van der Waals surface area contributed by atoms with Crippen molar-refractivity contribution in [3.63, 3.8) is 0 Å². The first-order chi connectivity index (χ1) is 9.35. The molecular formula is C18H40ClSn. The van der Waals surface area contributed by atoms with Gasteiger partial charge in [0, 0.05) is 0 Å². The number of rotatable bonds is 15. The van der Waals surface area contributed by atoms with Crippen LogP contribution in [0.3, 0.4) is 0 Å². The maximum Gasteiger partial charge on any atom is -0.147 e. The average Bonchev–Trinajstić information content (AvgIpc) is 2.43. The summed E-state index contributed by atoms with van der Waals surface area (Å²) in [4.78, 5) is 0. The average molecular weight is 411 g/mol. The van der Waals surface area contributed by atoms with Crippen molar-refractivity contribution in [3.05, 3.63) is 0 Å². The zero-order valence-corrected chi connectivity index (χ0v) is 18.2. The van der Waals surface area contributed by atoms with Gasteiger partial charge in [-0.05, 0) is 0 Å². The van der Waals surface area contributed by atoms with Gasteiger partial charge in [-0.3, -0.25) is 0 Å². The molecule has 0 aromatic carbocycles. The molecule has 0 N–H and O–H groups in total. The predicted octanol–water partition coefficient (Wildman–Crippen LogP) is 7.64. The Labute approximate surface area is 143 Å². The molecule has 0 aliphatic heterocycles. The molecule has 0 atom stereocenters. The number of halogens is 1. The summed E-state index contributed by atoms with van der Waals surface area (Å²) in [6, 6.07) is 0. The molecule has 0 aromatic heterocycles. The third-order valence-corrected chi connectivity index (χ3v) is 13.2. The van der Waals surface area contributed by atoms with E-state index in [1.807, 2.05) is 0 Å². The Hall–Kier alpha value is 1.09. The molecule has 1 radical (unpaired) electrons. The van der Waals surface area contributed by atoms with Crippen molar-refractivity contribution in [2.75, 3.05) is 0 Å². The fraction of sp³-hybridized carbons (Fsp3) is 1.00. The van der Waals surface area contributed by atoms with Crippen LogP contribution in [0.5, 0.6) is 0 Å². The van der Waals surface area contributed by atoms with E-state index < -0.39 is 19.8 Å². The molecule has 0 spiro atoms. The molecule has 0 aliphatic carbocycles. The quantitative estimate of drug-likeness (QED) is 0.192. The van der Waals surface area contributed by atoms with Gasteiger partial charge in [0.25, 0.3) is 0 Å². The molecule has 0 saturated carbocycles. The Morgan fingerprint density at radius 2 is 0.750 bits per heavy atom. The molecule has 0 fully saturated rings. The molecule has 0 heterocycles. The Morgan fingerprint density at radius 1 is 0.450 bits per heavy atom. The Balaban J connectivity index is 0. The molecule has 123 valence electrons. The van der Waals surface area contributed by atoms with Gasteiger partial charge in [-0.15, -0.1) is 12.4 Å². The van der Waals surface area contributed by atoms with Gasteiger partial charge in [-0.25, -0.2) is 0 Å². The van der Waals surface area contributed by atoms with E-state index in [0.29, 0.717) is 0 Å². The van der Waals surface area contributed by atoms with Crippen molar-refractivity contribution in [2.24, 2.45) is 0 Å². The van der Waals surface area contributed by atoms with Crippen LogP contribution in [0.2, 0.25) is 13.3 Å². The van der Waals surface area contributed by atoms with Crippen LogP contribution in [0.1, 0.15) is 97.8 Å². The van der Waals surface area contributed by atoms with Crippen LogP contribution in [0.4, 0.5) is 0 Å². The second kappa shape index (κ2) is 20.1. The molecule has 0 amide bonds. The normalized spacial score (nSPS) is 10.8. The summed E-state index contributed by atoms with van der Waals surface area (Å²) in [7, 11) is 0. The molecule has 0 bridgehead atoms. The topological polar surface area (TPSA) is 0 Å². The zero-order valence-electron chi connectivity index (χ0n) is 14.5. The van der Waals surface area contributed by atoms with E-state index in [0.717, 1.165) is 0 Å². The van der Waals surface area contributed by atoms with Gasteiger partial charge >= 0.3 is 131 Å². The van der Waals surface area contributed by atoms with E-state index in [9.17, 15) is 0 Å². The molecule has 0 aromatic rings. The van der Waals surface area contributed by atoms with Gasteiger partial charge in [0.1, 0.15) is 0 Å². The van der Waals surface area contributed by atoms with Crippen LogP contribution in [-0.4, -0.2) is 19.8 Å². The zero-order chi connectivity index (χ0) is 14.2. The minimum absolute atomic E-state index is 0. The van der Waals surface area contributed by atoms with Crippen molar-refractivity contribution in [3.8, 4) is 0 Å². The molecule has 0 saturated heterocycles. The molecule has 0 unspecified atom stereocenters. The fourth-order valence-electron chi connectivity index (χ4n) is 2.78. The Bertz CT molecular complexity index is 133. The summed E-state index contributed by atoms with van der Waals surface area (Å²) in [6.45, 7) is 6.99. The van der Waals surface area contributed by atoms with Crippen LogP contribution < -0.4 is 0 Å². The van der Waals surface area contributed by atoms with Gasteiger partial charge in [-0.1, -0.05) is 0 Å². The Morgan fingerprint density at radius 3 is 1.00 bits per heavy atom. The van der Waals surface area contributed by atoms with Crippen LogP contribution >= 0.6 is 12.4 Å². The minimum Gasteiger partial charge on any atom is -0.147 e. The van der Waals surface area contributed by atoms with Crippen molar-refractivity contribution in [1.29, 1.82) is 0 Å². The second-order valence-corrected chi connectivity index (χ2v) is 14.7. The minimum atomic E-state index is -0.948. The van der Waals surface area contributed by atoms with Crippen LogP contribution in [0, 0.1) is 0 Å². The van der Waals surface area contributed by atoms with Crippen molar-refractivity contribution < 1.29 is 0 Å². The first-order valence-corrected chi connectivity index (χ1v) is 15.2. The van der Waals surface area contributed by atoms with Gasteiger partial charge in [0.05, 0.1) is 0 Å². The number of hydrogen-bond donors (Lipinski definition) is 0. The van der Waals surface area contributed by atoms with Crippen LogP contribution in [0.25, 0.3) is 0 Å². The smallest absolute Gasteiger partial charge is 0.147 e. The van der Waals surface area contributed by atoms with Gasteiger partial charge < -0.3 is 0 Å². The Kier molecular flexibility index (Phi) is 23.5. The molecular weight excluding hydrogens is 370 g/mol. The maximum absolute atomic E-state index is 2.33.